The van der Waals surface area contributed by atoms with Crippen molar-refractivity contribution in [3.05, 3.63) is 35.4 Å². The lowest BCUT2D eigenvalue weighted by molar-refractivity contribution is -0.127. The molecular formula is C14H15N3O2. The van der Waals surface area contributed by atoms with Gasteiger partial charge in [0.2, 0.25) is 0 Å². The third-order valence-electron chi connectivity index (χ3n) is 3.19. The van der Waals surface area contributed by atoms with Crippen LogP contribution in [0.3, 0.4) is 0 Å². The Labute approximate surface area is 111 Å². The molecule has 1 aromatic rings. The summed E-state index contributed by atoms with van der Waals surface area (Å²) in [5.74, 6) is 0.0434. The SMILES string of the molecule is CC(C)c1ccc(C2NC(=O)N(CC#N)C2=O)cc1. The number of nitrogens with zero attached hydrogens (tertiary/aromatic N) is 2. The minimum atomic E-state index is -0.679. The summed E-state index contributed by atoms with van der Waals surface area (Å²) < 4.78 is 0. The Bertz CT molecular complexity index is 543. The summed E-state index contributed by atoms with van der Waals surface area (Å²) in [6.45, 7) is 3.96. The summed E-state index contributed by atoms with van der Waals surface area (Å²) in [6, 6.07) is 8.21. The van der Waals surface area contributed by atoms with Crippen LogP contribution in [-0.4, -0.2) is 23.4 Å². The van der Waals surface area contributed by atoms with Crippen molar-refractivity contribution in [3.8, 4) is 6.07 Å². The molecule has 0 aliphatic carbocycles. The molecule has 1 aliphatic rings. The van der Waals surface area contributed by atoms with E-state index in [0.29, 0.717) is 5.92 Å². The number of benzene rings is 1. The van der Waals surface area contributed by atoms with Crippen LogP contribution in [0.15, 0.2) is 24.3 Å². The van der Waals surface area contributed by atoms with Gasteiger partial charge in [-0.1, -0.05) is 38.1 Å². The molecule has 0 aromatic heterocycles. The first kappa shape index (κ1) is 13.1. The van der Waals surface area contributed by atoms with E-state index in [-0.39, 0.29) is 12.5 Å². The topological polar surface area (TPSA) is 73.2 Å². The van der Waals surface area contributed by atoms with Gasteiger partial charge in [-0.15, -0.1) is 0 Å². The summed E-state index contributed by atoms with van der Waals surface area (Å²) in [6.07, 6.45) is 0. The molecule has 2 rings (SSSR count). The maximum absolute atomic E-state index is 12.0. The quantitative estimate of drug-likeness (QED) is 0.664. The van der Waals surface area contributed by atoms with Crippen molar-refractivity contribution in [1.82, 2.24) is 10.2 Å². The van der Waals surface area contributed by atoms with E-state index in [0.717, 1.165) is 10.5 Å². The molecule has 5 heteroatoms. The number of amides is 3. The van der Waals surface area contributed by atoms with Crippen LogP contribution < -0.4 is 5.32 Å². The van der Waals surface area contributed by atoms with Gasteiger partial charge in [-0.3, -0.25) is 4.79 Å². The van der Waals surface area contributed by atoms with E-state index in [4.69, 9.17) is 5.26 Å². The molecule has 1 N–H and O–H groups in total. The first-order chi connectivity index (χ1) is 9.04. The molecule has 1 fully saturated rings. The van der Waals surface area contributed by atoms with Gasteiger partial charge in [0.25, 0.3) is 5.91 Å². The van der Waals surface area contributed by atoms with Crippen molar-refractivity contribution in [2.45, 2.75) is 25.8 Å². The molecule has 3 amide bonds. The Morgan fingerprint density at radius 1 is 1.32 bits per heavy atom. The largest absolute Gasteiger partial charge is 0.326 e. The summed E-state index contributed by atoms with van der Waals surface area (Å²) in [5.41, 5.74) is 1.91. The zero-order chi connectivity index (χ0) is 14.0. The van der Waals surface area contributed by atoms with Gasteiger partial charge in [0, 0.05) is 0 Å². The number of carbonyl (C=O) groups is 2. The first-order valence-corrected chi connectivity index (χ1v) is 6.13. The van der Waals surface area contributed by atoms with Gasteiger partial charge in [0.1, 0.15) is 12.6 Å². The molecule has 1 atom stereocenters. The third-order valence-corrected chi connectivity index (χ3v) is 3.19. The van der Waals surface area contributed by atoms with Gasteiger partial charge >= 0.3 is 6.03 Å². The predicted molar refractivity (Wildman–Crippen MR) is 69.1 cm³/mol. The average molecular weight is 257 g/mol. The Morgan fingerprint density at radius 3 is 2.47 bits per heavy atom. The highest BCUT2D eigenvalue weighted by Gasteiger charge is 2.38. The number of imide groups is 1. The number of hydrogen-bond donors (Lipinski definition) is 1. The lowest BCUT2D eigenvalue weighted by atomic mass is 9.99. The van der Waals surface area contributed by atoms with Gasteiger partial charge in [-0.25, -0.2) is 9.69 Å². The Balaban J connectivity index is 2.22. The van der Waals surface area contributed by atoms with E-state index in [2.05, 4.69) is 19.2 Å². The smallest absolute Gasteiger partial charge is 0.322 e. The Hall–Kier alpha value is -2.35. The molecule has 19 heavy (non-hydrogen) atoms. The van der Waals surface area contributed by atoms with E-state index in [9.17, 15) is 9.59 Å². The maximum atomic E-state index is 12.0. The molecular weight excluding hydrogens is 242 g/mol. The fraction of sp³-hybridized carbons (Fsp3) is 0.357. The number of urea groups is 1. The van der Waals surface area contributed by atoms with Gasteiger partial charge in [0.05, 0.1) is 6.07 Å². The highest BCUT2D eigenvalue weighted by atomic mass is 16.2. The van der Waals surface area contributed by atoms with Crippen LogP contribution in [0.25, 0.3) is 0 Å². The van der Waals surface area contributed by atoms with Crippen molar-refractivity contribution in [2.24, 2.45) is 0 Å². The van der Waals surface area contributed by atoms with Crippen LogP contribution in [0.4, 0.5) is 4.79 Å². The number of hydrogen-bond acceptors (Lipinski definition) is 3. The minimum Gasteiger partial charge on any atom is -0.322 e. The monoisotopic (exact) mass is 257 g/mol. The third kappa shape index (κ3) is 2.43. The predicted octanol–water partition coefficient (Wildman–Crippen LogP) is 1.93. The number of carbonyl (C=O) groups excluding carboxylic acids is 2. The highest BCUT2D eigenvalue weighted by Crippen LogP contribution is 2.23. The zero-order valence-electron chi connectivity index (χ0n) is 10.9. The van der Waals surface area contributed by atoms with Gasteiger partial charge < -0.3 is 5.32 Å². The molecule has 5 nitrogen and oxygen atoms in total. The minimum absolute atomic E-state index is 0.217. The van der Waals surface area contributed by atoms with Crippen LogP contribution in [0.5, 0.6) is 0 Å². The van der Waals surface area contributed by atoms with E-state index in [1.807, 2.05) is 30.3 Å². The molecule has 0 radical (unpaired) electrons. The van der Waals surface area contributed by atoms with Crippen LogP contribution >= 0.6 is 0 Å². The Kier molecular flexibility index (Phi) is 3.52. The fourth-order valence-electron chi connectivity index (χ4n) is 2.04. The lowest BCUT2D eigenvalue weighted by Gasteiger charge is -2.11. The number of nitriles is 1. The van der Waals surface area contributed by atoms with Crippen LogP contribution in [-0.2, 0) is 4.79 Å². The zero-order valence-corrected chi connectivity index (χ0v) is 10.9. The number of rotatable bonds is 3. The van der Waals surface area contributed by atoms with Gasteiger partial charge in [-0.05, 0) is 17.0 Å². The van der Waals surface area contributed by atoms with E-state index < -0.39 is 12.1 Å². The van der Waals surface area contributed by atoms with Crippen LogP contribution in [0.1, 0.15) is 36.9 Å². The maximum Gasteiger partial charge on any atom is 0.326 e. The summed E-state index contributed by atoms with van der Waals surface area (Å²) >= 11 is 0. The average Bonchev–Trinajstić information content (AvgIpc) is 2.67. The Morgan fingerprint density at radius 2 is 1.95 bits per heavy atom. The van der Waals surface area contributed by atoms with Crippen molar-refractivity contribution in [2.75, 3.05) is 6.54 Å². The van der Waals surface area contributed by atoms with Crippen LogP contribution in [0, 0.1) is 11.3 Å². The van der Waals surface area contributed by atoms with Gasteiger partial charge in [0.15, 0.2) is 0 Å². The van der Waals surface area contributed by atoms with E-state index in [1.165, 1.54) is 5.56 Å². The lowest BCUT2D eigenvalue weighted by Crippen LogP contribution is -2.31. The molecule has 1 saturated heterocycles. The van der Waals surface area contributed by atoms with Crippen molar-refractivity contribution < 1.29 is 9.59 Å². The molecule has 0 spiro atoms. The van der Waals surface area contributed by atoms with E-state index in [1.54, 1.807) is 0 Å². The molecule has 1 unspecified atom stereocenters. The number of nitrogens with one attached hydrogen (secondary N) is 1. The second-order valence-corrected chi connectivity index (χ2v) is 4.79. The molecule has 1 aliphatic heterocycles. The molecule has 98 valence electrons. The highest BCUT2D eigenvalue weighted by molar-refractivity contribution is 6.04. The molecule has 0 bridgehead atoms. The van der Waals surface area contributed by atoms with Crippen molar-refractivity contribution >= 4 is 11.9 Å². The summed E-state index contributed by atoms with van der Waals surface area (Å²) in [7, 11) is 0. The fourth-order valence-corrected chi connectivity index (χ4v) is 2.04. The molecule has 0 saturated carbocycles. The molecule has 1 aromatic carbocycles. The first-order valence-electron chi connectivity index (χ1n) is 6.13. The second-order valence-electron chi connectivity index (χ2n) is 4.79. The van der Waals surface area contributed by atoms with Crippen molar-refractivity contribution in [3.63, 3.8) is 0 Å². The summed E-state index contributed by atoms with van der Waals surface area (Å²) in [4.78, 5) is 24.5. The van der Waals surface area contributed by atoms with E-state index >= 15 is 0 Å². The normalized spacial score (nSPS) is 18.6. The second kappa shape index (κ2) is 5.11. The molecule has 1 heterocycles. The standard InChI is InChI=1S/C14H15N3O2/c1-9(2)10-3-5-11(6-4-10)12-13(18)17(8-7-15)14(19)16-12/h3-6,9,12H,8H2,1-2H3,(H,16,19). The van der Waals surface area contributed by atoms with Gasteiger partial charge in [-0.2, -0.15) is 5.26 Å². The van der Waals surface area contributed by atoms with Crippen LogP contribution in [0.2, 0.25) is 0 Å². The summed E-state index contributed by atoms with van der Waals surface area (Å²) in [5, 5.41) is 11.2. The van der Waals surface area contributed by atoms with Crippen molar-refractivity contribution in [1.29, 1.82) is 5.26 Å².